The van der Waals surface area contributed by atoms with Gasteiger partial charge in [-0.1, -0.05) is 30.3 Å². The van der Waals surface area contributed by atoms with Crippen molar-refractivity contribution in [1.82, 2.24) is 19.2 Å². The van der Waals surface area contributed by atoms with Gasteiger partial charge in [0.1, 0.15) is 11.5 Å². The molecule has 0 unspecified atom stereocenters. The standard InChI is InChI=1S/C27H25N5O4/c1-16-9-11-21-22(13-16)31(15-18-8-6-5-7-17(18)2)27(34)25-29-24(30-32(21)25)26(33)28-20-14-19(35-3)10-12-23(20)36-4/h5-14H,15H2,1-4H3,(H,28,33). The van der Waals surface area contributed by atoms with Crippen molar-refractivity contribution >= 4 is 28.3 Å². The SMILES string of the molecule is COc1ccc(OC)c(NC(=O)c2nc3c(=O)n(Cc4ccccc4C)c4cc(C)ccc4n3n2)c1. The number of nitrogens with one attached hydrogen (secondary N) is 1. The van der Waals surface area contributed by atoms with E-state index in [1.165, 1.54) is 18.7 Å². The number of hydrogen-bond acceptors (Lipinski definition) is 6. The molecule has 0 saturated heterocycles. The van der Waals surface area contributed by atoms with Crippen LogP contribution >= 0.6 is 0 Å². The molecule has 1 amide bonds. The van der Waals surface area contributed by atoms with Gasteiger partial charge in [-0.3, -0.25) is 14.2 Å². The van der Waals surface area contributed by atoms with Crippen molar-refractivity contribution in [2.24, 2.45) is 0 Å². The summed E-state index contributed by atoms with van der Waals surface area (Å²) in [6.45, 7) is 4.35. The van der Waals surface area contributed by atoms with Crippen LogP contribution < -0.4 is 20.3 Å². The van der Waals surface area contributed by atoms with Crippen molar-refractivity contribution in [1.29, 1.82) is 0 Å². The number of nitrogens with zero attached hydrogens (tertiary/aromatic N) is 4. The first-order valence-corrected chi connectivity index (χ1v) is 11.4. The summed E-state index contributed by atoms with van der Waals surface area (Å²) in [5, 5.41) is 7.16. The number of ether oxygens (including phenoxy) is 2. The zero-order valence-corrected chi connectivity index (χ0v) is 20.4. The quantitative estimate of drug-likeness (QED) is 0.392. The summed E-state index contributed by atoms with van der Waals surface area (Å²) in [7, 11) is 3.04. The number of aromatic nitrogens is 4. The Balaban J connectivity index is 1.63. The highest BCUT2D eigenvalue weighted by molar-refractivity contribution is 6.03. The molecule has 0 aliphatic heterocycles. The molecular weight excluding hydrogens is 458 g/mol. The van der Waals surface area contributed by atoms with Gasteiger partial charge in [0, 0.05) is 6.07 Å². The van der Waals surface area contributed by atoms with Gasteiger partial charge >= 0.3 is 0 Å². The number of benzene rings is 3. The molecule has 9 heteroatoms. The average molecular weight is 484 g/mol. The van der Waals surface area contributed by atoms with E-state index in [4.69, 9.17) is 9.47 Å². The average Bonchev–Trinajstić information content (AvgIpc) is 3.33. The number of amides is 1. The molecule has 0 fully saturated rings. The van der Waals surface area contributed by atoms with Crippen LogP contribution in [0, 0.1) is 13.8 Å². The molecule has 0 bridgehead atoms. The lowest BCUT2D eigenvalue weighted by atomic mass is 10.1. The lowest BCUT2D eigenvalue weighted by Crippen LogP contribution is -2.24. The number of methoxy groups -OCH3 is 2. The molecule has 5 rings (SSSR count). The maximum absolute atomic E-state index is 13.6. The van der Waals surface area contributed by atoms with Gasteiger partial charge in [0.05, 0.1) is 37.5 Å². The first-order valence-electron chi connectivity index (χ1n) is 11.4. The fraction of sp³-hybridized carbons (Fsp3) is 0.185. The fourth-order valence-electron chi connectivity index (χ4n) is 4.18. The Labute approximate surface area is 206 Å². The van der Waals surface area contributed by atoms with Crippen molar-refractivity contribution in [3.8, 4) is 11.5 Å². The second-order valence-electron chi connectivity index (χ2n) is 8.50. The van der Waals surface area contributed by atoms with E-state index in [2.05, 4.69) is 15.4 Å². The van der Waals surface area contributed by atoms with Gasteiger partial charge in [-0.25, -0.2) is 4.52 Å². The summed E-state index contributed by atoms with van der Waals surface area (Å²) in [5.74, 6) is 0.298. The van der Waals surface area contributed by atoms with Crippen molar-refractivity contribution in [2.75, 3.05) is 19.5 Å². The third-order valence-electron chi connectivity index (χ3n) is 6.14. The Morgan fingerprint density at radius 2 is 1.78 bits per heavy atom. The monoisotopic (exact) mass is 483 g/mol. The van der Waals surface area contributed by atoms with E-state index in [0.29, 0.717) is 34.8 Å². The maximum Gasteiger partial charge on any atom is 0.296 e. The summed E-state index contributed by atoms with van der Waals surface area (Å²) in [6.07, 6.45) is 0. The topological polar surface area (TPSA) is 99.8 Å². The highest BCUT2D eigenvalue weighted by Gasteiger charge is 2.21. The normalized spacial score (nSPS) is 11.1. The van der Waals surface area contributed by atoms with E-state index in [-0.39, 0.29) is 17.0 Å². The van der Waals surface area contributed by atoms with E-state index in [1.54, 1.807) is 22.8 Å². The second-order valence-corrected chi connectivity index (χ2v) is 8.50. The second kappa shape index (κ2) is 9.18. The minimum atomic E-state index is -0.574. The Bertz CT molecular complexity index is 1690. The molecule has 0 aliphatic carbocycles. The fourth-order valence-corrected chi connectivity index (χ4v) is 4.18. The van der Waals surface area contributed by atoms with E-state index in [1.807, 2.05) is 56.3 Å². The molecule has 0 aliphatic rings. The molecule has 0 atom stereocenters. The minimum Gasteiger partial charge on any atom is -0.497 e. The smallest absolute Gasteiger partial charge is 0.296 e. The van der Waals surface area contributed by atoms with Crippen molar-refractivity contribution < 1.29 is 14.3 Å². The predicted molar refractivity (Wildman–Crippen MR) is 137 cm³/mol. The summed E-state index contributed by atoms with van der Waals surface area (Å²) in [6, 6.07) is 18.7. The molecule has 0 spiro atoms. The van der Waals surface area contributed by atoms with Crippen LogP contribution in [0.5, 0.6) is 11.5 Å². The number of aryl methyl sites for hydroxylation is 2. The van der Waals surface area contributed by atoms with Crippen LogP contribution in [0.15, 0.2) is 65.5 Å². The molecule has 2 heterocycles. The van der Waals surface area contributed by atoms with E-state index in [0.717, 1.165) is 16.7 Å². The largest absolute Gasteiger partial charge is 0.497 e. The number of carbonyl (C=O) groups excluding carboxylic acids is 1. The molecule has 2 aromatic heterocycles. The van der Waals surface area contributed by atoms with Crippen LogP contribution in [0.3, 0.4) is 0 Å². The van der Waals surface area contributed by atoms with Gasteiger partial charge in [-0.05, 0) is 54.8 Å². The first-order chi connectivity index (χ1) is 17.4. The number of rotatable bonds is 6. The van der Waals surface area contributed by atoms with Crippen LogP contribution in [-0.4, -0.2) is 39.3 Å². The van der Waals surface area contributed by atoms with Gasteiger partial charge < -0.3 is 14.8 Å². The van der Waals surface area contributed by atoms with Crippen molar-refractivity contribution in [3.63, 3.8) is 0 Å². The molecule has 3 aromatic carbocycles. The van der Waals surface area contributed by atoms with Crippen LogP contribution in [0.1, 0.15) is 27.3 Å². The third kappa shape index (κ3) is 4.04. The molecular formula is C27H25N5O4. The lowest BCUT2D eigenvalue weighted by molar-refractivity contribution is 0.101. The Morgan fingerprint density at radius 3 is 2.53 bits per heavy atom. The molecule has 1 N–H and O–H groups in total. The van der Waals surface area contributed by atoms with Gasteiger partial charge in [-0.15, -0.1) is 5.10 Å². The van der Waals surface area contributed by atoms with Crippen molar-refractivity contribution in [2.45, 2.75) is 20.4 Å². The van der Waals surface area contributed by atoms with Crippen molar-refractivity contribution in [3.05, 3.63) is 93.5 Å². The Hall–Kier alpha value is -4.66. The molecule has 0 saturated carbocycles. The maximum atomic E-state index is 13.6. The Kier molecular flexibility index (Phi) is 5.89. The minimum absolute atomic E-state index is 0.0719. The number of anilines is 1. The first kappa shape index (κ1) is 23.1. The zero-order chi connectivity index (χ0) is 25.4. The number of hydrogen-bond donors (Lipinski definition) is 1. The summed E-state index contributed by atoms with van der Waals surface area (Å²) in [4.78, 5) is 31.1. The summed E-state index contributed by atoms with van der Waals surface area (Å²) >= 11 is 0. The molecule has 36 heavy (non-hydrogen) atoms. The zero-order valence-electron chi connectivity index (χ0n) is 20.4. The highest BCUT2D eigenvalue weighted by Crippen LogP contribution is 2.29. The van der Waals surface area contributed by atoms with Gasteiger partial charge in [0.25, 0.3) is 11.5 Å². The Morgan fingerprint density at radius 1 is 0.972 bits per heavy atom. The molecule has 182 valence electrons. The van der Waals surface area contributed by atoms with E-state index >= 15 is 0 Å². The van der Waals surface area contributed by atoms with E-state index < -0.39 is 5.91 Å². The molecule has 9 nitrogen and oxygen atoms in total. The lowest BCUT2D eigenvalue weighted by Gasteiger charge is -2.13. The third-order valence-corrected chi connectivity index (χ3v) is 6.14. The molecule has 5 aromatic rings. The van der Waals surface area contributed by atoms with Crippen LogP contribution in [0.25, 0.3) is 16.7 Å². The number of carbonyl (C=O) groups is 1. The van der Waals surface area contributed by atoms with Gasteiger partial charge in [0.15, 0.2) is 0 Å². The highest BCUT2D eigenvalue weighted by atomic mass is 16.5. The van der Waals surface area contributed by atoms with E-state index in [9.17, 15) is 9.59 Å². The van der Waals surface area contributed by atoms with Crippen LogP contribution in [0.4, 0.5) is 5.69 Å². The summed E-state index contributed by atoms with van der Waals surface area (Å²) < 4.78 is 13.7. The number of fused-ring (bicyclic) bond motifs is 3. The predicted octanol–water partition coefficient (Wildman–Crippen LogP) is 3.98. The van der Waals surface area contributed by atoms with Crippen LogP contribution in [0.2, 0.25) is 0 Å². The van der Waals surface area contributed by atoms with Gasteiger partial charge in [-0.2, -0.15) is 4.98 Å². The van der Waals surface area contributed by atoms with Gasteiger partial charge in [0.2, 0.25) is 11.5 Å². The molecule has 0 radical (unpaired) electrons. The van der Waals surface area contributed by atoms with Crippen LogP contribution in [-0.2, 0) is 6.54 Å². The summed E-state index contributed by atoms with van der Waals surface area (Å²) in [5.41, 5.74) is 4.63.